The highest BCUT2D eigenvalue weighted by atomic mass is 19.4. The number of aliphatic carboxylic acids is 1. The molecule has 0 spiro atoms. The predicted molar refractivity (Wildman–Crippen MR) is 229 cm³/mol. The number of carboxylic acid groups (broad SMARTS) is 1. The molecule has 0 heterocycles. The van der Waals surface area contributed by atoms with Crippen LogP contribution in [0.15, 0.2) is 0 Å². The number of nitrogens with one attached hydrogen (secondary N) is 9. The molecule has 0 aromatic rings. The number of alkyl halides is 6. The monoisotopic (exact) mass is 1020 g/mol. The molecule has 0 radical (unpaired) electrons. The minimum atomic E-state index is -5.61. The number of halogens is 6. The summed E-state index contributed by atoms with van der Waals surface area (Å²) in [5.74, 6) is -17.4. The van der Waals surface area contributed by atoms with Crippen LogP contribution in [0.4, 0.5) is 26.3 Å². The van der Waals surface area contributed by atoms with Crippen LogP contribution in [0, 0.1) is 17.2 Å². The molecule has 31 heteroatoms. The fourth-order valence-corrected chi connectivity index (χ4v) is 5.71. The van der Waals surface area contributed by atoms with Gasteiger partial charge >= 0.3 is 30.3 Å². The van der Waals surface area contributed by atoms with Gasteiger partial charge < -0.3 is 73.7 Å². The minimum Gasteiger partial charge on any atom is -0.480 e. The number of esters is 2. The summed E-state index contributed by atoms with van der Waals surface area (Å²) in [4.78, 5) is 127. The van der Waals surface area contributed by atoms with Crippen molar-refractivity contribution in [1.82, 2.24) is 42.5 Å². The van der Waals surface area contributed by atoms with E-state index in [1.165, 1.54) is 6.92 Å². The molecule has 10 atom stereocenters. The van der Waals surface area contributed by atoms with E-state index in [1.54, 1.807) is 33.0 Å². The van der Waals surface area contributed by atoms with E-state index in [4.69, 9.17) is 16.9 Å². The van der Waals surface area contributed by atoms with Crippen molar-refractivity contribution >= 4 is 65.2 Å². The lowest BCUT2D eigenvalue weighted by Crippen LogP contribution is -2.62. The lowest BCUT2D eigenvalue weighted by molar-refractivity contribution is -0.205. The van der Waals surface area contributed by atoms with E-state index >= 15 is 0 Å². The maximum absolute atomic E-state index is 14.0. The average molecular weight is 1020 g/mol. The van der Waals surface area contributed by atoms with Gasteiger partial charge in [-0.1, -0.05) is 47.5 Å². The van der Waals surface area contributed by atoms with Crippen molar-refractivity contribution in [2.75, 3.05) is 19.7 Å². The highest BCUT2D eigenvalue weighted by Gasteiger charge is 2.45. The molecule has 0 unspecified atom stereocenters. The van der Waals surface area contributed by atoms with E-state index in [0.717, 1.165) is 13.8 Å². The third-order valence-corrected chi connectivity index (χ3v) is 9.97. The lowest BCUT2D eigenvalue weighted by Gasteiger charge is -2.30. The van der Waals surface area contributed by atoms with Gasteiger partial charge in [-0.15, -0.1) is 0 Å². The lowest BCUT2D eigenvalue weighted by atomic mass is 9.96. The zero-order valence-electron chi connectivity index (χ0n) is 39.2. The first kappa shape index (κ1) is 63.5. The number of nitrogens with two attached hydrogens (primary N) is 2. The van der Waals surface area contributed by atoms with Crippen LogP contribution < -0.4 is 54.0 Å². The molecule has 15 N–H and O–H groups in total. The number of hydrogen-bond donors (Lipinski definition) is 13. The zero-order chi connectivity index (χ0) is 54.4. The summed E-state index contributed by atoms with van der Waals surface area (Å²) in [6.45, 7) is 6.98. The third-order valence-electron chi connectivity index (χ3n) is 9.97. The van der Waals surface area contributed by atoms with Crippen LogP contribution in [0.1, 0.15) is 80.6 Å². The van der Waals surface area contributed by atoms with Crippen LogP contribution in [0.25, 0.3) is 0 Å². The minimum absolute atomic E-state index is 0.00886. The van der Waals surface area contributed by atoms with Crippen LogP contribution in [0.3, 0.4) is 0 Å². The molecule has 70 heavy (non-hydrogen) atoms. The Morgan fingerprint density at radius 3 is 1.67 bits per heavy atom. The van der Waals surface area contributed by atoms with Crippen molar-refractivity contribution in [3.8, 4) is 0 Å². The fourth-order valence-electron chi connectivity index (χ4n) is 5.71. The summed E-state index contributed by atoms with van der Waals surface area (Å²) in [7, 11) is 0. The second kappa shape index (κ2) is 29.5. The number of aliphatic hydroxyl groups is 1. The molecule has 0 fully saturated rings. The molecule has 0 aromatic heterocycles. The van der Waals surface area contributed by atoms with E-state index in [0.29, 0.717) is 6.42 Å². The molecule has 0 aliphatic carbocycles. The summed E-state index contributed by atoms with van der Waals surface area (Å²) >= 11 is 0. The Labute approximate surface area is 397 Å². The molecule has 0 aromatic carbocycles. The van der Waals surface area contributed by atoms with Crippen molar-refractivity contribution in [2.45, 2.75) is 147 Å². The second-order valence-electron chi connectivity index (χ2n) is 16.1. The van der Waals surface area contributed by atoms with Gasteiger partial charge in [0.05, 0.1) is 12.6 Å². The van der Waals surface area contributed by atoms with E-state index in [2.05, 4.69) is 36.1 Å². The van der Waals surface area contributed by atoms with Gasteiger partial charge in [-0.2, -0.15) is 26.3 Å². The molecule has 25 nitrogen and oxygen atoms in total. The number of carbonyl (C=O) groups excluding carboxylic acids is 9. The second-order valence-corrected chi connectivity index (χ2v) is 16.1. The molecule has 400 valence electrons. The van der Waals surface area contributed by atoms with Crippen LogP contribution in [0.2, 0.25) is 0 Å². The first-order valence-electron chi connectivity index (χ1n) is 21.5. The van der Waals surface area contributed by atoms with Gasteiger partial charge in [0.25, 0.3) is 0 Å². The van der Waals surface area contributed by atoms with Gasteiger partial charge in [0.1, 0.15) is 49.0 Å². The molecular weight excluding hydrogens is 960 g/mol. The predicted octanol–water partition coefficient (Wildman–Crippen LogP) is -2.83. The highest BCUT2D eigenvalue weighted by molar-refractivity contribution is 5.97. The van der Waals surface area contributed by atoms with Crippen molar-refractivity contribution < 1.29 is 94.0 Å². The quantitative estimate of drug-likeness (QED) is 0.0118. The Hall–Kier alpha value is -6.53. The van der Waals surface area contributed by atoms with Gasteiger partial charge in [0.2, 0.25) is 41.4 Å². The smallest absolute Gasteiger partial charge is 0.480 e. The number of carboxylic acids is 1. The Morgan fingerprint density at radius 2 is 1.17 bits per heavy atom. The Morgan fingerprint density at radius 1 is 0.657 bits per heavy atom. The molecule has 0 saturated heterocycles. The average Bonchev–Trinajstić information content (AvgIpc) is 3.26. The summed E-state index contributed by atoms with van der Waals surface area (Å²) in [6.07, 6.45) is -14.2. The fraction of sp³-hybridized carbons (Fsp3) is 0.718. The van der Waals surface area contributed by atoms with Crippen LogP contribution in [0.5, 0.6) is 0 Å². The largest absolute Gasteiger partial charge is 0.490 e. The Bertz CT molecular complexity index is 1860. The van der Waals surface area contributed by atoms with Gasteiger partial charge in [0.15, 0.2) is 12.0 Å². The first-order valence-corrected chi connectivity index (χ1v) is 21.5. The summed E-state index contributed by atoms with van der Waals surface area (Å²) in [6, 6.07) is -12.1. The summed E-state index contributed by atoms with van der Waals surface area (Å²) in [5, 5.41) is 44.5. The topological polar surface area (TPSA) is 402 Å². The van der Waals surface area contributed by atoms with E-state index in [1.807, 2.05) is 10.6 Å². The van der Waals surface area contributed by atoms with E-state index in [9.17, 15) is 84.5 Å². The molecular formula is C39H63F6N11O14. The number of rotatable bonds is 29. The van der Waals surface area contributed by atoms with Gasteiger partial charge in [-0.3, -0.25) is 39.0 Å². The van der Waals surface area contributed by atoms with Crippen LogP contribution in [-0.2, 0) is 57.4 Å². The maximum atomic E-state index is 14.0. The number of aliphatic hydroxyl groups excluding tert-OH is 1. The maximum Gasteiger partial charge on any atom is 0.490 e. The van der Waals surface area contributed by atoms with Crippen LogP contribution >= 0.6 is 0 Å². The van der Waals surface area contributed by atoms with E-state index in [-0.39, 0.29) is 32.2 Å². The molecule has 0 aliphatic rings. The molecule has 0 bridgehead atoms. The molecule has 0 saturated carbocycles. The van der Waals surface area contributed by atoms with Crippen LogP contribution in [-0.4, -0.2) is 162 Å². The zero-order valence-corrected chi connectivity index (χ0v) is 39.2. The third kappa shape index (κ3) is 22.7. The summed E-state index contributed by atoms with van der Waals surface area (Å²) < 4.78 is 85.3. The SMILES string of the molecule is CCC[C@H](NC(=O)[C@@H](N)[C@H](O)C(C)C)C(=O)N[C@H](CCCNC(=N)N)C(=O)N[C@H](C(=O)N[C@H](C(=O)NCC(=O)N[C@@H](C)C(=O)N[C@@H](COC(=O)C(F)(F)F)C(=O)O)[C@H](C)OC(=O)C(F)(F)F)[C@@H](C)CC. The number of amides is 7. The Kier molecular flexibility index (Phi) is 26.7. The molecule has 0 rings (SSSR count). The molecule has 7 amide bonds. The number of ether oxygens (including phenoxy) is 2. The standard InChI is InChI=1S/C39H63F6N11O14/c1-8-11-20(53-31(62)24(46)27(58)16(3)4)29(60)52-21(12-10-13-49-37(47)48)30(61)55-25(17(5)9-2)33(64)56-26(19(7)70-36(68)39(43,44)45)32(63)50-14-23(57)51-18(6)28(59)54-22(34(65)66)15-69-35(67)38(40,41)42/h16-22,24-27,58H,8-15,46H2,1-7H3,(H,50,63)(H,51,57)(H,52,60)(H,53,62)(H,54,59)(H,55,61)(H,56,64)(H,65,66)(H4,47,48,49)/t17-,18-,19-,20-,21+,22-,24-,25-,26-,27+/m0/s1. The van der Waals surface area contributed by atoms with E-state index < -0.39 is 157 Å². The van der Waals surface area contributed by atoms with Crippen molar-refractivity contribution in [3.05, 3.63) is 0 Å². The normalized spacial score (nSPS) is 15.8. The van der Waals surface area contributed by atoms with Gasteiger partial charge in [-0.25, -0.2) is 14.4 Å². The van der Waals surface area contributed by atoms with Gasteiger partial charge in [0, 0.05) is 6.54 Å². The van der Waals surface area contributed by atoms with Crippen molar-refractivity contribution in [1.29, 1.82) is 5.41 Å². The highest BCUT2D eigenvalue weighted by Crippen LogP contribution is 2.19. The first-order chi connectivity index (χ1) is 32.2. The molecule has 0 aliphatic heterocycles. The van der Waals surface area contributed by atoms with Crippen molar-refractivity contribution in [3.63, 3.8) is 0 Å². The van der Waals surface area contributed by atoms with Crippen molar-refractivity contribution in [2.24, 2.45) is 23.3 Å². The number of carbonyl (C=O) groups is 10. The number of hydrogen-bond acceptors (Lipinski definition) is 15. The number of guanidine groups is 1. The Balaban J connectivity index is 6.52. The van der Waals surface area contributed by atoms with Gasteiger partial charge in [-0.05, 0) is 44.9 Å². The summed E-state index contributed by atoms with van der Waals surface area (Å²) in [5.41, 5.74) is 11.2.